The summed E-state index contributed by atoms with van der Waals surface area (Å²) in [7, 11) is 0. The van der Waals surface area contributed by atoms with Gasteiger partial charge in [-0.3, -0.25) is 0 Å². The Morgan fingerprint density at radius 1 is 1.53 bits per heavy atom. The van der Waals surface area contributed by atoms with Crippen LogP contribution in [0.5, 0.6) is 0 Å². The number of aromatic nitrogens is 2. The Labute approximate surface area is 110 Å². The molecule has 0 spiro atoms. The van der Waals surface area contributed by atoms with Gasteiger partial charge in [0.2, 0.25) is 0 Å². The van der Waals surface area contributed by atoms with Crippen LogP contribution in [0.4, 0.5) is 0 Å². The summed E-state index contributed by atoms with van der Waals surface area (Å²) < 4.78 is 3.19. The molecule has 2 aromatic heterocycles. The van der Waals surface area contributed by atoms with Gasteiger partial charge in [-0.1, -0.05) is 22.9 Å². The first-order valence-electron chi connectivity index (χ1n) is 6.13. The molecule has 2 aromatic rings. The van der Waals surface area contributed by atoms with Gasteiger partial charge in [0.25, 0.3) is 0 Å². The Kier molecular flexibility index (Phi) is 2.92. The van der Waals surface area contributed by atoms with Crippen LogP contribution in [0.1, 0.15) is 25.0 Å². The second-order valence-corrected chi connectivity index (χ2v) is 5.57. The smallest absolute Gasteiger partial charge is 0.138 e. The van der Waals surface area contributed by atoms with Gasteiger partial charge in [0.1, 0.15) is 5.65 Å². The van der Waals surface area contributed by atoms with E-state index >= 15 is 0 Å². The van der Waals surface area contributed by atoms with E-state index in [0.717, 1.165) is 23.2 Å². The quantitative estimate of drug-likeness (QED) is 0.849. The highest BCUT2D eigenvalue weighted by Gasteiger charge is 2.24. The van der Waals surface area contributed by atoms with E-state index in [4.69, 9.17) is 4.98 Å². The van der Waals surface area contributed by atoms with E-state index in [1.807, 2.05) is 6.07 Å². The SMILES string of the molecule is CCN1CCC(c2cn3ccc(Br)cc3n2)C1. The first-order chi connectivity index (χ1) is 8.26. The van der Waals surface area contributed by atoms with Gasteiger partial charge in [-0.05, 0) is 31.6 Å². The van der Waals surface area contributed by atoms with Crippen LogP contribution in [0, 0.1) is 0 Å². The molecular formula is C13H16BrN3. The van der Waals surface area contributed by atoms with Crippen LogP contribution in [0.2, 0.25) is 0 Å². The minimum atomic E-state index is 0.605. The van der Waals surface area contributed by atoms with Crippen molar-refractivity contribution in [2.24, 2.45) is 0 Å². The summed E-state index contributed by atoms with van der Waals surface area (Å²) in [4.78, 5) is 7.22. The molecule has 0 amide bonds. The number of hydrogen-bond acceptors (Lipinski definition) is 2. The van der Waals surface area contributed by atoms with Gasteiger partial charge in [0, 0.05) is 29.3 Å². The lowest BCUT2D eigenvalue weighted by Gasteiger charge is -2.11. The van der Waals surface area contributed by atoms with Crippen molar-refractivity contribution in [2.75, 3.05) is 19.6 Å². The third kappa shape index (κ3) is 2.11. The predicted octanol–water partition coefficient (Wildman–Crippen LogP) is 2.91. The minimum Gasteiger partial charge on any atom is -0.307 e. The molecule has 4 heteroatoms. The summed E-state index contributed by atoms with van der Waals surface area (Å²) >= 11 is 3.48. The van der Waals surface area contributed by atoms with Crippen LogP contribution in [-0.4, -0.2) is 33.9 Å². The fourth-order valence-electron chi connectivity index (χ4n) is 2.53. The molecule has 1 atom stereocenters. The van der Waals surface area contributed by atoms with Crippen LogP contribution >= 0.6 is 15.9 Å². The van der Waals surface area contributed by atoms with Crippen LogP contribution in [0.25, 0.3) is 5.65 Å². The zero-order valence-corrected chi connectivity index (χ0v) is 11.5. The number of imidazole rings is 1. The number of likely N-dealkylation sites (tertiary alicyclic amines) is 1. The molecule has 3 nitrogen and oxygen atoms in total. The van der Waals surface area contributed by atoms with Gasteiger partial charge in [0.15, 0.2) is 0 Å². The molecule has 3 rings (SSSR count). The molecule has 3 heterocycles. The second kappa shape index (κ2) is 4.42. The van der Waals surface area contributed by atoms with E-state index < -0.39 is 0 Å². The third-order valence-corrected chi connectivity index (χ3v) is 4.07. The highest BCUT2D eigenvalue weighted by molar-refractivity contribution is 9.10. The van der Waals surface area contributed by atoms with Gasteiger partial charge in [-0.15, -0.1) is 0 Å². The topological polar surface area (TPSA) is 20.5 Å². The van der Waals surface area contributed by atoms with Crippen molar-refractivity contribution >= 4 is 21.6 Å². The van der Waals surface area contributed by atoms with E-state index in [0.29, 0.717) is 5.92 Å². The van der Waals surface area contributed by atoms with Gasteiger partial charge >= 0.3 is 0 Å². The van der Waals surface area contributed by atoms with Crippen molar-refractivity contribution in [1.29, 1.82) is 0 Å². The Bertz CT molecular complexity index is 534. The molecule has 0 bridgehead atoms. The van der Waals surface area contributed by atoms with Crippen molar-refractivity contribution in [3.05, 3.63) is 34.7 Å². The lowest BCUT2D eigenvalue weighted by atomic mass is 10.1. The Morgan fingerprint density at radius 3 is 3.18 bits per heavy atom. The summed E-state index contributed by atoms with van der Waals surface area (Å²) in [5.74, 6) is 0.605. The number of pyridine rings is 1. The Hall–Kier alpha value is -0.870. The molecule has 0 N–H and O–H groups in total. The van der Waals surface area contributed by atoms with Crippen LogP contribution in [-0.2, 0) is 0 Å². The number of likely N-dealkylation sites (N-methyl/N-ethyl adjacent to an activating group) is 1. The Morgan fingerprint density at radius 2 is 2.41 bits per heavy atom. The highest BCUT2D eigenvalue weighted by Crippen LogP contribution is 2.26. The molecule has 0 radical (unpaired) electrons. The normalized spacial score (nSPS) is 21.4. The monoisotopic (exact) mass is 293 g/mol. The van der Waals surface area contributed by atoms with Gasteiger partial charge in [-0.25, -0.2) is 4.98 Å². The first-order valence-corrected chi connectivity index (χ1v) is 6.92. The molecule has 1 aliphatic rings. The van der Waals surface area contributed by atoms with E-state index in [1.165, 1.54) is 18.7 Å². The van der Waals surface area contributed by atoms with E-state index in [2.05, 4.69) is 50.6 Å². The average molecular weight is 294 g/mol. The lowest BCUT2D eigenvalue weighted by Crippen LogP contribution is -2.19. The molecule has 17 heavy (non-hydrogen) atoms. The van der Waals surface area contributed by atoms with Crippen molar-refractivity contribution in [2.45, 2.75) is 19.3 Å². The van der Waals surface area contributed by atoms with Gasteiger partial charge < -0.3 is 9.30 Å². The fourth-order valence-corrected chi connectivity index (χ4v) is 2.86. The number of fused-ring (bicyclic) bond motifs is 1. The molecule has 0 aliphatic carbocycles. The molecule has 90 valence electrons. The Balaban J connectivity index is 1.91. The number of hydrogen-bond donors (Lipinski definition) is 0. The molecule has 1 saturated heterocycles. The number of nitrogens with zero attached hydrogens (tertiary/aromatic N) is 3. The molecule has 1 unspecified atom stereocenters. The minimum absolute atomic E-state index is 0.605. The third-order valence-electron chi connectivity index (χ3n) is 3.58. The second-order valence-electron chi connectivity index (χ2n) is 4.66. The largest absolute Gasteiger partial charge is 0.307 e. The molecule has 1 fully saturated rings. The number of halogens is 1. The summed E-state index contributed by atoms with van der Waals surface area (Å²) in [5.41, 5.74) is 2.27. The summed E-state index contributed by atoms with van der Waals surface area (Å²) in [6.45, 7) is 5.73. The molecule has 0 aromatic carbocycles. The summed E-state index contributed by atoms with van der Waals surface area (Å²) in [5, 5.41) is 0. The summed E-state index contributed by atoms with van der Waals surface area (Å²) in [6.07, 6.45) is 5.47. The maximum absolute atomic E-state index is 4.73. The highest BCUT2D eigenvalue weighted by atomic mass is 79.9. The first kappa shape index (κ1) is 11.2. The zero-order chi connectivity index (χ0) is 11.8. The van der Waals surface area contributed by atoms with Crippen molar-refractivity contribution in [3.8, 4) is 0 Å². The molecule has 0 saturated carbocycles. The van der Waals surface area contributed by atoms with Crippen LogP contribution < -0.4 is 0 Å². The van der Waals surface area contributed by atoms with Gasteiger partial charge in [0.05, 0.1) is 5.69 Å². The van der Waals surface area contributed by atoms with Crippen molar-refractivity contribution in [1.82, 2.24) is 14.3 Å². The summed E-state index contributed by atoms with van der Waals surface area (Å²) in [6, 6.07) is 4.11. The average Bonchev–Trinajstić information content (AvgIpc) is 2.93. The standard InChI is InChI=1S/C13H16BrN3/c1-2-16-5-3-10(8-16)12-9-17-6-4-11(14)7-13(17)15-12/h4,6-7,9-10H,2-3,5,8H2,1H3. The van der Waals surface area contributed by atoms with Crippen molar-refractivity contribution < 1.29 is 0 Å². The van der Waals surface area contributed by atoms with E-state index in [9.17, 15) is 0 Å². The maximum Gasteiger partial charge on any atom is 0.138 e. The van der Waals surface area contributed by atoms with E-state index in [1.54, 1.807) is 0 Å². The van der Waals surface area contributed by atoms with E-state index in [-0.39, 0.29) is 0 Å². The zero-order valence-electron chi connectivity index (χ0n) is 9.93. The van der Waals surface area contributed by atoms with Crippen LogP contribution in [0.15, 0.2) is 29.0 Å². The van der Waals surface area contributed by atoms with Crippen molar-refractivity contribution in [3.63, 3.8) is 0 Å². The van der Waals surface area contributed by atoms with Gasteiger partial charge in [-0.2, -0.15) is 0 Å². The fraction of sp³-hybridized carbons (Fsp3) is 0.462. The predicted molar refractivity (Wildman–Crippen MR) is 72.4 cm³/mol. The molecular weight excluding hydrogens is 278 g/mol. The number of rotatable bonds is 2. The van der Waals surface area contributed by atoms with Crippen LogP contribution in [0.3, 0.4) is 0 Å². The molecule has 1 aliphatic heterocycles. The lowest BCUT2D eigenvalue weighted by molar-refractivity contribution is 0.353. The maximum atomic E-state index is 4.73.